The number of nitriles is 1. The largest absolute Gasteiger partial charge is 0.293 e. The van der Waals surface area contributed by atoms with Crippen LogP contribution in [-0.4, -0.2) is 5.78 Å². The quantitative estimate of drug-likeness (QED) is 0.772. The topological polar surface area (TPSA) is 40.9 Å². The normalized spacial score (nSPS) is 11.6. The fourth-order valence-electron chi connectivity index (χ4n) is 2.06. The van der Waals surface area contributed by atoms with E-state index >= 15 is 0 Å². The third-order valence-corrected chi connectivity index (χ3v) is 3.15. The number of hydrogen-bond donors (Lipinski definition) is 0. The van der Waals surface area contributed by atoms with Crippen molar-refractivity contribution in [2.45, 2.75) is 19.3 Å². The van der Waals surface area contributed by atoms with E-state index in [1.807, 2.05) is 61.5 Å². The van der Waals surface area contributed by atoms with Gasteiger partial charge in [-0.2, -0.15) is 5.26 Å². The zero-order valence-electron chi connectivity index (χ0n) is 10.8. The molecule has 2 aromatic rings. The lowest BCUT2D eigenvalue weighted by molar-refractivity contribution is 0.0960. The highest BCUT2D eigenvalue weighted by atomic mass is 16.1. The molecule has 0 aliphatic rings. The van der Waals surface area contributed by atoms with Gasteiger partial charge in [-0.25, -0.2) is 0 Å². The first-order valence-corrected chi connectivity index (χ1v) is 6.25. The third kappa shape index (κ3) is 3.08. The van der Waals surface area contributed by atoms with Crippen molar-refractivity contribution in [2.24, 2.45) is 0 Å². The first-order chi connectivity index (χ1) is 9.22. The van der Waals surface area contributed by atoms with E-state index in [1.165, 1.54) is 0 Å². The SMILES string of the molecule is Cc1ccc(C(=O)C(CC#N)c2ccccc2)cc1. The van der Waals surface area contributed by atoms with Crippen molar-refractivity contribution >= 4 is 5.78 Å². The molecule has 0 amide bonds. The number of aryl methyl sites for hydroxylation is 1. The maximum atomic E-state index is 12.5. The van der Waals surface area contributed by atoms with Gasteiger partial charge < -0.3 is 0 Å². The summed E-state index contributed by atoms with van der Waals surface area (Å²) in [6, 6.07) is 19.1. The summed E-state index contributed by atoms with van der Waals surface area (Å²) >= 11 is 0. The minimum absolute atomic E-state index is 0.00718. The van der Waals surface area contributed by atoms with Crippen LogP contribution in [0.1, 0.15) is 33.8 Å². The second-order valence-corrected chi connectivity index (χ2v) is 4.56. The van der Waals surface area contributed by atoms with E-state index in [-0.39, 0.29) is 18.1 Å². The average molecular weight is 249 g/mol. The maximum Gasteiger partial charge on any atom is 0.171 e. The molecule has 2 aromatic carbocycles. The van der Waals surface area contributed by atoms with Crippen LogP contribution in [-0.2, 0) is 0 Å². The molecule has 0 N–H and O–H groups in total. The zero-order valence-corrected chi connectivity index (χ0v) is 10.8. The number of carbonyl (C=O) groups excluding carboxylic acids is 1. The van der Waals surface area contributed by atoms with E-state index < -0.39 is 0 Å². The van der Waals surface area contributed by atoms with Crippen molar-refractivity contribution in [1.29, 1.82) is 5.26 Å². The van der Waals surface area contributed by atoms with Crippen molar-refractivity contribution in [1.82, 2.24) is 0 Å². The highest BCUT2D eigenvalue weighted by molar-refractivity contribution is 6.01. The Morgan fingerprint density at radius 2 is 1.74 bits per heavy atom. The minimum Gasteiger partial charge on any atom is -0.293 e. The molecule has 2 nitrogen and oxygen atoms in total. The van der Waals surface area contributed by atoms with Gasteiger partial charge in [0.15, 0.2) is 5.78 Å². The molecule has 19 heavy (non-hydrogen) atoms. The number of ketones is 1. The van der Waals surface area contributed by atoms with Crippen LogP contribution in [0.2, 0.25) is 0 Å². The van der Waals surface area contributed by atoms with Gasteiger partial charge in [-0.3, -0.25) is 4.79 Å². The molecular weight excluding hydrogens is 234 g/mol. The van der Waals surface area contributed by atoms with Crippen molar-refractivity contribution < 1.29 is 4.79 Å². The summed E-state index contributed by atoms with van der Waals surface area (Å²) in [5.41, 5.74) is 2.68. The molecule has 94 valence electrons. The predicted octanol–water partition coefficient (Wildman–Crippen LogP) is 3.88. The molecule has 0 heterocycles. The monoisotopic (exact) mass is 249 g/mol. The lowest BCUT2D eigenvalue weighted by Gasteiger charge is -2.13. The highest BCUT2D eigenvalue weighted by Crippen LogP contribution is 2.24. The number of benzene rings is 2. The lowest BCUT2D eigenvalue weighted by Crippen LogP contribution is -2.12. The van der Waals surface area contributed by atoms with Crippen molar-refractivity contribution in [3.05, 3.63) is 71.3 Å². The summed E-state index contributed by atoms with van der Waals surface area (Å²) in [5.74, 6) is -0.373. The van der Waals surface area contributed by atoms with Crippen LogP contribution in [0.3, 0.4) is 0 Å². The molecular formula is C17H15NO. The summed E-state index contributed by atoms with van der Waals surface area (Å²) in [6.45, 7) is 1.98. The minimum atomic E-state index is -0.381. The van der Waals surface area contributed by atoms with E-state index in [0.717, 1.165) is 11.1 Å². The zero-order chi connectivity index (χ0) is 13.7. The Labute approximate surface area is 113 Å². The number of nitrogens with zero attached hydrogens (tertiary/aromatic N) is 1. The summed E-state index contributed by atoms with van der Waals surface area (Å²) in [4.78, 5) is 12.5. The lowest BCUT2D eigenvalue weighted by atomic mass is 9.88. The van der Waals surface area contributed by atoms with Crippen molar-refractivity contribution in [3.8, 4) is 6.07 Å². The van der Waals surface area contributed by atoms with Crippen LogP contribution in [0.5, 0.6) is 0 Å². The Kier molecular flexibility index (Phi) is 4.10. The number of Topliss-reactive ketones (excluding diaryl/α,β-unsaturated/α-hetero) is 1. The molecule has 0 fully saturated rings. The third-order valence-electron chi connectivity index (χ3n) is 3.15. The molecule has 0 spiro atoms. The predicted molar refractivity (Wildman–Crippen MR) is 74.9 cm³/mol. The van der Waals surface area contributed by atoms with Crippen LogP contribution < -0.4 is 0 Å². The van der Waals surface area contributed by atoms with Gasteiger partial charge in [0, 0.05) is 12.0 Å². The molecule has 1 unspecified atom stereocenters. The Morgan fingerprint density at radius 1 is 1.11 bits per heavy atom. The molecule has 0 saturated heterocycles. The Morgan fingerprint density at radius 3 is 2.32 bits per heavy atom. The Bertz CT molecular complexity index is 593. The van der Waals surface area contributed by atoms with E-state index in [0.29, 0.717) is 5.56 Å². The molecule has 1 atom stereocenters. The fraction of sp³-hybridized carbons (Fsp3) is 0.176. The molecule has 0 aliphatic carbocycles. The molecule has 0 bridgehead atoms. The van der Waals surface area contributed by atoms with Crippen LogP contribution in [0.15, 0.2) is 54.6 Å². The number of carbonyl (C=O) groups is 1. The summed E-state index contributed by atoms with van der Waals surface area (Å²) in [5, 5.41) is 8.94. The van der Waals surface area contributed by atoms with E-state index in [4.69, 9.17) is 5.26 Å². The smallest absolute Gasteiger partial charge is 0.171 e. The second-order valence-electron chi connectivity index (χ2n) is 4.56. The molecule has 2 heteroatoms. The van der Waals surface area contributed by atoms with Crippen molar-refractivity contribution in [2.75, 3.05) is 0 Å². The number of hydrogen-bond acceptors (Lipinski definition) is 2. The van der Waals surface area contributed by atoms with Gasteiger partial charge in [0.05, 0.1) is 12.0 Å². The van der Waals surface area contributed by atoms with Gasteiger partial charge in [0.2, 0.25) is 0 Å². The summed E-state index contributed by atoms with van der Waals surface area (Å²) < 4.78 is 0. The first-order valence-electron chi connectivity index (χ1n) is 6.25. The number of rotatable bonds is 4. The fourth-order valence-corrected chi connectivity index (χ4v) is 2.06. The van der Waals surface area contributed by atoms with E-state index in [9.17, 15) is 4.79 Å². The van der Waals surface area contributed by atoms with Crippen LogP contribution in [0.25, 0.3) is 0 Å². The second kappa shape index (κ2) is 5.97. The molecule has 2 rings (SSSR count). The van der Waals surface area contributed by atoms with Gasteiger partial charge >= 0.3 is 0 Å². The van der Waals surface area contributed by atoms with Crippen LogP contribution in [0.4, 0.5) is 0 Å². The average Bonchev–Trinajstić information content (AvgIpc) is 2.46. The summed E-state index contributed by atoms with van der Waals surface area (Å²) in [7, 11) is 0. The van der Waals surface area contributed by atoms with E-state index in [1.54, 1.807) is 0 Å². The highest BCUT2D eigenvalue weighted by Gasteiger charge is 2.21. The van der Waals surface area contributed by atoms with Crippen LogP contribution >= 0.6 is 0 Å². The van der Waals surface area contributed by atoms with Gasteiger partial charge in [-0.05, 0) is 12.5 Å². The van der Waals surface area contributed by atoms with Crippen LogP contribution in [0, 0.1) is 18.3 Å². The van der Waals surface area contributed by atoms with Crippen molar-refractivity contribution in [3.63, 3.8) is 0 Å². The molecule has 0 radical (unpaired) electrons. The van der Waals surface area contributed by atoms with E-state index in [2.05, 4.69) is 6.07 Å². The van der Waals surface area contributed by atoms with Gasteiger partial charge in [-0.1, -0.05) is 60.2 Å². The maximum absolute atomic E-state index is 12.5. The Hall–Kier alpha value is -2.40. The molecule has 0 aromatic heterocycles. The van der Waals surface area contributed by atoms with Gasteiger partial charge in [0.1, 0.15) is 0 Å². The van der Waals surface area contributed by atoms with Gasteiger partial charge in [0.25, 0.3) is 0 Å². The standard InChI is InChI=1S/C17H15NO/c1-13-7-9-15(10-8-13)17(19)16(11-12-18)14-5-3-2-4-6-14/h2-10,16H,11H2,1H3. The first kappa shape index (κ1) is 13.0. The summed E-state index contributed by atoms with van der Waals surface area (Å²) in [6.07, 6.45) is 0.205. The molecule has 0 saturated carbocycles. The molecule has 0 aliphatic heterocycles. The van der Waals surface area contributed by atoms with Gasteiger partial charge in [-0.15, -0.1) is 0 Å². The Balaban J connectivity index is 2.32.